The van der Waals surface area contributed by atoms with Crippen molar-refractivity contribution in [1.29, 1.82) is 0 Å². The lowest BCUT2D eigenvalue weighted by molar-refractivity contribution is 0.658. The number of rotatable bonds is 5. The summed E-state index contributed by atoms with van der Waals surface area (Å²) in [4.78, 5) is 12.6. The minimum Gasteiger partial charge on any atom is -0.450 e. The van der Waals surface area contributed by atoms with Crippen molar-refractivity contribution in [2.24, 2.45) is 0 Å². The fourth-order valence-electron chi connectivity index (χ4n) is 3.34. The third kappa shape index (κ3) is 3.46. The van der Waals surface area contributed by atoms with Crippen LogP contribution in [0.3, 0.4) is 0 Å². The largest absolute Gasteiger partial charge is 0.450 e. The van der Waals surface area contributed by atoms with Gasteiger partial charge in [0.15, 0.2) is 11.4 Å². The molecule has 5 aromatic rings. The lowest BCUT2D eigenvalue weighted by Gasteiger charge is -2.23. The standard InChI is InChI=1S/C22H17N3OS.ClH/c1-2-7-16(8-3-1)13-25(14-17-9-6-12-27-17)22-21-20(23-15-24-22)18-10-4-5-11-19(18)26-21;/h1-12,15H,13-14H2;1H. The van der Waals surface area contributed by atoms with Crippen LogP contribution >= 0.6 is 23.7 Å². The smallest absolute Gasteiger partial charge is 0.196 e. The summed E-state index contributed by atoms with van der Waals surface area (Å²) >= 11 is 1.75. The number of thiophene rings is 1. The number of benzene rings is 2. The number of halogens is 1. The molecule has 0 saturated heterocycles. The molecule has 0 aliphatic rings. The van der Waals surface area contributed by atoms with E-state index in [1.807, 2.05) is 30.3 Å². The normalized spacial score (nSPS) is 10.9. The predicted molar refractivity (Wildman–Crippen MR) is 117 cm³/mol. The highest BCUT2D eigenvalue weighted by atomic mass is 35.5. The van der Waals surface area contributed by atoms with Crippen molar-refractivity contribution in [3.8, 4) is 0 Å². The lowest BCUT2D eigenvalue weighted by atomic mass is 10.2. The summed E-state index contributed by atoms with van der Waals surface area (Å²) in [5.41, 5.74) is 3.67. The Balaban J connectivity index is 0.00000192. The maximum Gasteiger partial charge on any atom is 0.196 e. The molecule has 0 radical (unpaired) electrons. The Bertz CT molecular complexity index is 1190. The number of aromatic nitrogens is 2. The summed E-state index contributed by atoms with van der Waals surface area (Å²) < 4.78 is 6.16. The van der Waals surface area contributed by atoms with Gasteiger partial charge in [0.05, 0.1) is 6.54 Å². The number of anilines is 1. The second kappa shape index (κ2) is 8.00. The molecule has 0 N–H and O–H groups in total. The van der Waals surface area contributed by atoms with Crippen molar-refractivity contribution >= 4 is 51.6 Å². The van der Waals surface area contributed by atoms with Gasteiger partial charge in [-0.25, -0.2) is 9.97 Å². The SMILES string of the molecule is Cl.c1ccc(CN(Cc2cccs2)c2ncnc3c2oc2ccccc23)cc1. The van der Waals surface area contributed by atoms with Gasteiger partial charge in [-0.2, -0.15) is 0 Å². The Hall–Kier alpha value is -2.89. The van der Waals surface area contributed by atoms with Crippen LogP contribution in [0.5, 0.6) is 0 Å². The minimum atomic E-state index is 0. The molecule has 2 aromatic carbocycles. The second-order valence-corrected chi connectivity index (χ2v) is 7.43. The monoisotopic (exact) mass is 407 g/mol. The van der Waals surface area contributed by atoms with Crippen molar-refractivity contribution in [3.05, 3.63) is 88.9 Å². The van der Waals surface area contributed by atoms with E-state index in [0.717, 1.165) is 41.0 Å². The van der Waals surface area contributed by atoms with Crippen molar-refractivity contribution in [2.75, 3.05) is 4.90 Å². The topological polar surface area (TPSA) is 42.2 Å². The number of fused-ring (bicyclic) bond motifs is 3. The van der Waals surface area contributed by atoms with Crippen molar-refractivity contribution in [3.63, 3.8) is 0 Å². The quantitative estimate of drug-likeness (QED) is 0.354. The van der Waals surface area contributed by atoms with Crippen LogP contribution in [-0.2, 0) is 13.1 Å². The fourth-order valence-corrected chi connectivity index (χ4v) is 4.06. The number of hydrogen-bond acceptors (Lipinski definition) is 5. The molecule has 0 bridgehead atoms. The summed E-state index contributed by atoms with van der Waals surface area (Å²) in [5.74, 6) is 0.827. The van der Waals surface area contributed by atoms with E-state index in [-0.39, 0.29) is 12.4 Å². The molecule has 0 spiro atoms. The first-order valence-corrected chi connectivity index (χ1v) is 9.70. The Morgan fingerprint density at radius 3 is 2.50 bits per heavy atom. The fraction of sp³-hybridized carbons (Fsp3) is 0.0909. The van der Waals surface area contributed by atoms with Gasteiger partial charge >= 0.3 is 0 Å². The minimum absolute atomic E-state index is 0. The van der Waals surface area contributed by atoms with Gasteiger partial charge in [-0.15, -0.1) is 23.7 Å². The molecule has 3 heterocycles. The van der Waals surface area contributed by atoms with E-state index in [2.05, 4.69) is 56.6 Å². The molecular weight excluding hydrogens is 390 g/mol. The summed E-state index contributed by atoms with van der Waals surface area (Å²) in [7, 11) is 0. The molecule has 5 rings (SSSR count). The number of nitrogens with zero attached hydrogens (tertiary/aromatic N) is 3. The molecule has 0 aliphatic heterocycles. The number of para-hydroxylation sites is 1. The van der Waals surface area contributed by atoms with Gasteiger partial charge in [0.25, 0.3) is 0 Å². The van der Waals surface area contributed by atoms with Crippen LogP contribution < -0.4 is 4.90 Å². The zero-order valence-electron chi connectivity index (χ0n) is 15.0. The van der Waals surface area contributed by atoms with Crippen LogP contribution in [0.25, 0.3) is 22.1 Å². The summed E-state index contributed by atoms with van der Waals surface area (Å²) in [6.45, 7) is 1.53. The Kier molecular flexibility index (Phi) is 5.28. The Morgan fingerprint density at radius 2 is 1.68 bits per heavy atom. The molecule has 3 aromatic heterocycles. The molecule has 6 heteroatoms. The van der Waals surface area contributed by atoms with Gasteiger partial charge < -0.3 is 9.32 Å². The third-order valence-electron chi connectivity index (χ3n) is 4.58. The summed E-state index contributed by atoms with van der Waals surface area (Å²) in [6, 6.07) is 22.7. The van der Waals surface area contributed by atoms with Crippen LogP contribution in [0.2, 0.25) is 0 Å². The molecule has 4 nitrogen and oxygen atoms in total. The van der Waals surface area contributed by atoms with Gasteiger partial charge in [-0.1, -0.05) is 48.5 Å². The number of hydrogen-bond donors (Lipinski definition) is 0. The molecule has 0 unspecified atom stereocenters. The van der Waals surface area contributed by atoms with Crippen LogP contribution in [-0.4, -0.2) is 9.97 Å². The molecule has 140 valence electrons. The van der Waals surface area contributed by atoms with Crippen molar-refractivity contribution in [2.45, 2.75) is 13.1 Å². The zero-order chi connectivity index (χ0) is 18.1. The van der Waals surface area contributed by atoms with Crippen molar-refractivity contribution < 1.29 is 4.42 Å². The van der Waals surface area contributed by atoms with E-state index in [1.54, 1.807) is 17.7 Å². The van der Waals surface area contributed by atoms with Crippen LogP contribution in [0, 0.1) is 0 Å². The van der Waals surface area contributed by atoms with E-state index in [9.17, 15) is 0 Å². The van der Waals surface area contributed by atoms with Crippen LogP contribution in [0.1, 0.15) is 10.4 Å². The highest BCUT2D eigenvalue weighted by molar-refractivity contribution is 7.09. The van der Waals surface area contributed by atoms with Gasteiger partial charge in [-0.3, -0.25) is 0 Å². The first-order valence-electron chi connectivity index (χ1n) is 8.82. The zero-order valence-corrected chi connectivity index (χ0v) is 16.6. The van der Waals surface area contributed by atoms with E-state index >= 15 is 0 Å². The molecule has 0 amide bonds. The molecular formula is C22H18ClN3OS. The highest BCUT2D eigenvalue weighted by Crippen LogP contribution is 2.33. The van der Waals surface area contributed by atoms with Gasteiger partial charge in [-0.05, 0) is 29.1 Å². The summed E-state index contributed by atoms with van der Waals surface area (Å²) in [5, 5.41) is 3.12. The van der Waals surface area contributed by atoms with Crippen LogP contribution in [0.4, 0.5) is 5.82 Å². The Morgan fingerprint density at radius 1 is 0.857 bits per heavy atom. The van der Waals surface area contributed by atoms with Crippen molar-refractivity contribution in [1.82, 2.24) is 9.97 Å². The molecule has 28 heavy (non-hydrogen) atoms. The number of furan rings is 1. The maximum atomic E-state index is 6.16. The molecule has 0 saturated carbocycles. The molecule has 0 fully saturated rings. The Labute approximate surface area is 172 Å². The third-order valence-corrected chi connectivity index (χ3v) is 5.44. The van der Waals surface area contributed by atoms with Gasteiger partial charge in [0, 0.05) is 16.8 Å². The molecule has 0 aliphatic carbocycles. The maximum absolute atomic E-state index is 6.16. The lowest BCUT2D eigenvalue weighted by Crippen LogP contribution is -2.23. The summed E-state index contributed by atoms with van der Waals surface area (Å²) in [6.07, 6.45) is 1.63. The van der Waals surface area contributed by atoms with Gasteiger partial charge in [0.1, 0.15) is 17.4 Å². The predicted octanol–water partition coefficient (Wildman–Crippen LogP) is 6.07. The van der Waals surface area contributed by atoms with Gasteiger partial charge in [0.2, 0.25) is 0 Å². The average Bonchev–Trinajstić information content (AvgIpc) is 3.35. The van der Waals surface area contributed by atoms with E-state index in [1.165, 1.54) is 10.4 Å². The average molecular weight is 408 g/mol. The van der Waals surface area contributed by atoms with E-state index in [4.69, 9.17) is 4.42 Å². The second-order valence-electron chi connectivity index (χ2n) is 6.39. The van der Waals surface area contributed by atoms with E-state index < -0.39 is 0 Å². The van der Waals surface area contributed by atoms with Crippen LogP contribution in [0.15, 0.2) is 82.9 Å². The van der Waals surface area contributed by atoms with E-state index in [0.29, 0.717) is 0 Å². The molecule has 0 atom stereocenters. The highest BCUT2D eigenvalue weighted by Gasteiger charge is 2.19. The first kappa shape index (κ1) is 18.5. The first-order chi connectivity index (χ1) is 13.4.